The maximum absolute atomic E-state index is 10.6. The summed E-state index contributed by atoms with van der Waals surface area (Å²) in [5.74, 6) is -0.767. The molecule has 2 rings (SSSR count). The van der Waals surface area contributed by atoms with Crippen LogP contribution in [0.3, 0.4) is 0 Å². The summed E-state index contributed by atoms with van der Waals surface area (Å²) in [5, 5.41) is 11.7. The van der Waals surface area contributed by atoms with Crippen molar-refractivity contribution in [3.05, 3.63) is 40.9 Å². The lowest BCUT2D eigenvalue weighted by molar-refractivity contribution is -0.137. The molecule has 1 aromatic carbocycles. The number of carboxylic acids is 1. The van der Waals surface area contributed by atoms with Crippen LogP contribution in [0.4, 0.5) is 0 Å². The second-order valence-corrected chi connectivity index (χ2v) is 5.93. The fraction of sp³-hybridized carbons (Fsp3) is 0.375. The van der Waals surface area contributed by atoms with Gasteiger partial charge in [-0.2, -0.15) is 0 Å². The molecule has 0 amide bonds. The summed E-state index contributed by atoms with van der Waals surface area (Å²) >= 11 is 1.63. The summed E-state index contributed by atoms with van der Waals surface area (Å²) in [4.78, 5) is 17.2. The molecule has 0 fully saturated rings. The molecule has 0 saturated carbocycles. The van der Waals surface area contributed by atoms with Gasteiger partial charge < -0.3 is 5.11 Å². The molecular weight excluding hydrogens is 284 g/mol. The van der Waals surface area contributed by atoms with Gasteiger partial charge in [-0.3, -0.25) is 9.69 Å². The topological polar surface area (TPSA) is 53.4 Å². The van der Waals surface area contributed by atoms with Gasteiger partial charge >= 0.3 is 5.97 Å². The van der Waals surface area contributed by atoms with Crippen LogP contribution in [0.5, 0.6) is 0 Å². The van der Waals surface area contributed by atoms with Crippen molar-refractivity contribution in [1.82, 2.24) is 9.88 Å². The van der Waals surface area contributed by atoms with E-state index in [-0.39, 0.29) is 6.42 Å². The van der Waals surface area contributed by atoms with E-state index >= 15 is 0 Å². The van der Waals surface area contributed by atoms with Gasteiger partial charge in [-0.1, -0.05) is 31.2 Å². The average molecular weight is 304 g/mol. The maximum Gasteiger partial charge on any atom is 0.304 e. The summed E-state index contributed by atoms with van der Waals surface area (Å²) in [6.07, 6.45) is 1.20. The summed E-state index contributed by atoms with van der Waals surface area (Å²) in [7, 11) is 1.91. The Bertz CT molecular complexity index is 593. The van der Waals surface area contributed by atoms with Crippen LogP contribution < -0.4 is 0 Å². The Morgan fingerprint density at radius 1 is 1.33 bits per heavy atom. The lowest BCUT2D eigenvalue weighted by Gasteiger charge is -2.13. The Kier molecular flexibility index (Phi) is 5.47. The number of thiazole rings is 1. The normalized spacial score (nSPS) is 11.0. The molecule has 1 N–H and O–H groups in total. The van der Waals surface area contributed by atoms with Crippen molar-refractivity contribution in [3.63, 3.8) is 0 Å². The zero-order valence-electron chi connectivity index (χ0n) is 12.4. The third-order valence-electron chi connectivity index (χ3n) is 3.30. The van der Waals surface area contributed by atoms with E-state index in [2.05, 4.69) is 36.2 Å². The Labute approximate surface area is 129 Å². The highest BCUT2D eigenvalue weighted by molar-refractivity contribution is 7.13. The van der Waals surface area contributed by atoms with E-state index in [1.54, 1.807) is 11.3 Å². The van der Waals surface area contributed by atoms with Gasteiger partial charge in [0.05, 0.1) is 12.1 Å². The van der Waals surface area contributed by atoms with Crippen LogP contribution in [0.15, 0.2) is 29.6 Å². The van der Waals surface area contributed by atoms with Crippen molar-refractivity contribution in [3.8, 4) is 10.6 Å². The quantitative estimate of drug-likeness (QED) is 0.853. The Balaban J connectivity index is 1.98. The maximum atomic E-state index is 10.6. The number of rotatable bonds is 7. The Hall–Kier alpha value is -1.72. The lowest BCUT2D eigenvalue weighted by atomic mass is 10.1. The summed E-state index contributed by atoms with van der Waals surface area (Å²) in [6, 6.07) is 8.48. The summed E-state index contributed by atoms with van der Waals surface area (Å²) < 4.78 is 0. The summed E-state index contributed by atoms with van der Waals surface area (Å²) in [5.41, 5.74) is 3.45. The molecule has 0 aliphatic carbocycles. The highest BCUT2D eigenvalue weighted by Gasteiger charge is 2.08. The van der Waals surface area contributed by atoms with Gasteiger partial charge in [-0.25, -0.2) is 4.98 Å². The van der Waals surface area contributed by atoms with Crippen LogP contribution in [-0.2, 0) is 17.8 Å². The minimum absolute atomic E-state index is 0.159. The van der Waals surface area contributed by atoms with Gasteiger partial charge in [0.1, 0.15) is 5.01 Å². The van der Waals surface area contributed by atoms with Crippen LogP contribution in [0.2, 0.25) is 0 Å². The molecule has 5 heteroatoms. The molecular formula is C16H20N2O2S. The van der Waals surface area contributed by atoms with Crippen LogP contribution in [0, 0.1) is 0 Å². The number of aromatic nitrogens is 1. The van der Waals surface area contributed by atoms with Crippen LogP contribution in [-0.4, -0.2) is 34.6 Å². The first-order valence-corrected chi connectivity index (χ1v) is 7.90. The molecule has 112 valence electrons. The number of hydrogen-bond acceptors (Lipinski definition) is 4. The molecule has 0 atom stereocenters. The van der Waals surface area contributed by atoms with Crippen molar-refractivity contribution in [2.24, 2.45) is 0 Å². The van der Waals surface area contributed by atoms with Crippen LogP contribution >= 0.6 is 11.3 Å². The lowest BCUT2D eigenvalue weighted by Crippen LogP contribution is -2.21. The van der Waals surface area contributed by atoms with E-state index in [9.17, 15) is 4.79 Å². The molecule has 0 saturated heterocycles. The van der Waals surface area contributed by atoms with Gasteiger partial charge in [0, 0.05) is 24.0 Å². The van der Waals surface area contributed by atoms with E-state index in [1.165, 1.54) is 5.56 Å². The van der Waals surface area contributed by atoms with E-state index in [4.69, 9.17) is 5.11 Å². The van der Waals surface area contributed by atoms with E-state index in [1.807, 2.05) is 17.3 Å². The number of aryl methyl sites for hydroxylation is 1. The second kappa shape index (κ2) is 7.33. The third-order valence-corrected chi connectivity index (χ3v) is 4.24. The molecule has 0 unspecified atom stereocenters. The number of benzene rings is 1. The monoisotopic (exact) mass is 304 g/mol. The molecule has 0 spiro atoms. The second-order valence-electron chi connectivity index (χ2n) is 5.08. The molecule has 4 nitrogen and oxygen atoms in total. The fourth-order valence-corrected chi connectivity index (χ4v) is 2.85. The van der Waals surface area contributed by atoms with Crippen LogP contribution in [0.1, 0.15) is 24.6 Å². The number of aliphatic carboxylic acids is 1. The molecule has 21 heavy (non-hydrogen) atoms. The van der Waals surface area contributed by atoms with Crippen molar-refractivity contribution >= 4 is 17.3 Å². The zero-order valence-corrected chi connectivity index (χ0v) is 13.2. The Morgan fingerprint density at radius 3 is 2.67 bits per heavy atom. The van der Waals surface area contributed by atoms with Gasteiger partial charge in [0.25, 0.3) is 0 Å². The minimum Gasteiger partial charge on any atom is -0.481 e. The molecule has 0 aliphatic heterocycles. The number of carboxylic acid groups (broad SMARTS) is 1. The van der Waals surface area contributed by atoms with Gasteiger partial charge in [-0.05, 0) is 19.0 Å². The first-order chi connectivity index (χ1) is 10.1. The molecule has 1 aromatic heterocycles. The molecule has 0 bridgehead atoms. The molecule has 0 radical (unpaired) electrons. The predicted molar refractivity (Wildman–Crippen MR) is 85.5 cm³/mol. The third kappa shape index (κ3) is 4.65. The first-order valence-electron chi connectivity index (χ1n) is 7.02. The number of carbonyl (C=O) groups is 1. The minimum atomic E-state index is -0.767. The van der Waals surface area contributed by atoms with E-state index in [0.717, 1.165) is 22.7 Å². The SMILES string of the molecule is CCc1ccc(-c2nc(CN(C)CCC(=O)O)cs2)cc1. The van der Waals surface area contributed by atoms with Crippen molar-refractivity contribution < 1.29 is 9.90 Å². The van der Waals surface area contributed by atoms with E-state index in [0.29, 0.717) is 13.1 Å². The average Bonchev–Trinajstić information content (AvgIpc) is 2.93. The van der Waals surface area contributed by atoms with Crippen molar-refractivity contribution in [2.45, 2.75) is 26.3 Å². The van der Waals surface area contributed by atoms with Crippen molar-refractivity contribution in [1.29, 1.82) is 0 Å². The first kappa shape index (κ1) is 15.7. The zero-order chi connectivity index (χ0) is 15.2. The predicted octanol–water partition coefficient (Wildman–Crippen LogP) is 3.28. The highest BCUT2D eigenvalue weighted by Crippen LogP contribution is 2.24. The largest absolute Gasteiger partial charge is 0.481 e. The fourth-order valence-electron chi connectivity index (χ4n) is 2.04. The van der Waals surface area contributed by atoms with Crippen LogP contribution in [0.25, 0.3) is 10.6 Å². The molecule has 1 heterocycles. The smallest absolute Gasteiger partial charge is 0.304 e. The van der Waals surface area contributed by atoms with Gasteiger partial charge in [0.15, 0.2) is 0 Å². The number of nitrogens with zero attached hydrogens (tertiary/aromatic N) is 2. The van der Waals surface area contributed by atoms with Gasteiger partial charge in [-0.15, -0.1) is 11.3 Å². The van der Waals surface area contributed by atoms with Gasteiger partial charge in [0.2, 0.25) is 0 Å². The summed E-state index contributed by atoms with van der Waals surface area (Å²) in [6.45, 7) is 3.35. The van der Waals surface area contributed by atoms with Crippen molar-refractivity contribution in [2.75, 3.05) is 13.6 Å². The Morgan fingerprint density at radius 2 is 2.05 bits per heavy atom. The number of hydrogen-bond donors (Lipinski definition) is 1. The molecule has 2 aromatic rings. The standard InChI is InChI=1S/C16H20N2O2S/c1-3-12-4-6-13(7-5-12)16-17-14(11-21-16)10-18(2)9-8-15(19)20/h4-7,11H,3,8-10H2,1-2H3,(H,19,20). The highest BCUT2D eigenvalue weighted by atomic mass is 32.1. The molecule has 0 aliphatic rings. The van der Waals surface area contributed by atoms with E-state index < -0.39 is 5.97 Å².